The molecule has 1 aliphatic carbocycles. The van der Waals surface area contributed by atoms with Crippen LogP contribution in [0.25, 0.3) is 0 Å². The third-order valence-electron chi connectivity index (χ3n) is 3.19. The molecule has 0 spiro atoms. The molecular formula is C14H21N3O3S. The van der Waals surface area contributed by atoms with Gasteiger partial charge in [-0.2, -0.15) is 4.72 Å². The fraction of sp³-hybridized carbons (Fsp3) is 0.500. The van der Waals surface area contributed by atoms with Gasteiger partial charge in [-0.3, -0.25) is 4.79 Å². The van der Waals surface area contributed by atoms with Crippen LogP contribution < -0.4 is 15.4 Å². The monoisotopic (exact) mass is 311 g/mol. The van der Waals surface area contributed by atoms with Crippen LogP contribution in [0.2, 0.25) is 0 Å². The second-order valence-electron chi connectivity index (χ2n) is 5.18. The van der Waals surface area contributed by atoms with E-state index in [-0.39, 0.29) is 16.8 Å². The molecule has 116 valence electrons. The molecule has 1 aliphatic rings. The standard InChI is InChI=1S/C14H21N3O3S/c1-3-15-11-6-8-13(9-7-11)21(19,20)17-10(2)14(18)16-12-4-5-12/h6-10,12,15,17H,3-5H2,1-2H3,(H,16,18). The number of hydrogen-bond donors (Lipinski definition) is 3. The highest BCUT2D eigenvalue weighted by Gasteiger charge is 2.28. The van der Waals surface area contributed by atoms with E-state index in [0.717, 1.165) is 25.1 Å². The van der Waals surface area contributed by atoms with E-state index < -0.39 is 16.1 Å². The minimum atomic E-state index is -3.69. The van der Waals surface area contributed by atoms with Gasteiger partial charge in [-0.1, -0.05) is 0 Å². The van der Waals surface area contributed by atoms with Crippen LogP contribution in [-0.4, -0.2) is 33.0 Å². The summed E-state index contributed by atoms with van der Waals surface area (Å²) in [5, 5.41) is 5.87. The Balaban J connectivity index is 2.00. The van der Waals surface area contributed by atoms with Crippen molar-refractivity contribution >= 4 is 21.6 Å². The molecule has 1 saturated carbocycles. The number of anilines is 1. The minimum Gasteiger partial charge on any atom is -0.385 e. The van der Waals surface area contributed by atoms with Gasteiger partial charge in [0.25, 0.3) is 0 Å². The third-order valence-corrected chi connectivity index (χ3v) is 4.75. The van der Waals surface area contributed by atoms with Crippen molar-refractivity contribution in [1.29, 1.82) is 0 Å². The lowest BCUT2D eigenvalue weighted by molar-refractivity contribution is -0.122. The fourth-order valence-electron chi connectivity index (χ4n) is 1.86. The number of carbonyl (C=O) groups excluding carboxylic acids is 1. The number of amides is 1. The van der Waals surface area contributed by atoms with Crippen molar-refractivity contribution in [2.24, 2.45) is 0 Å². The van der Waals surface area contributed by atoms with Crippen molar-refractivity contribution < 1.29 is 13.2 Å². The van der Waals surface area contributed by atoms with E-state index in [2.05, 4.69) is 15.4 Å². The summed E-state index contributed by atoms with van der Waals surface area (Å²) < 4.78 is 26.8. The van der Waals surface area contributed by atoms with Gasteiger partial charge < -0.3 is 10.6 Å². The Hall–Kier alpha value is -1.60. The third kappa shape index (κ3) is 4.44. The summed E-state index contributed by atoms with van der Waals surface area (Å²) >= 11 is 0. The molecule has 3 N–H and O–H groups in total. The lowest BCUT2D eigenvalue weighted by atomic mass is 10.3. The maximum atomic E-state index is 12.2. The van der Waals surface area contributed by atoms with E-state index >= 15 is 0 Å². The second-order valence-corrected chi connectivity index (χ2v) is 6.89. The number of nitrogens with one attached hydrogen (secondary N) is 3. The van der Waals surface area contributed by atoms with Crippen molar-refractivity contribution in [2.75, 3.05) is 11.9 Å². The highest BCUT2D eigenvalue weighted by atomic mass is 32.2. The SMILES string of the molecule is CCNc1ccc(S(=O)(=O)NC(C)C(=O)NC2CC2)cc1. The molecule has 6 nitrogen and oxygen atoms in total. The molecule has 1 aromatic rings. The van der Waals surface area contributed by atoms with Gasteiger partial charge in [0.2, 0.25) is 15.9 Å². The maximum absolute atomic E-state index is 12.2. The van der Waals surface area contributed by atoms with Gasteiger partial charge >= 0.3 is 0 Å². The zero-order chi connectivity index (χ0) is 15.5. The molecule has 1 aromatic carbocycles. The van der Waals surface area contributed by atoms with Gasteiger partial charge in [-0.25, -0.2) is 8.42 Å². The zero-order valence-corrected chi connectivity index (χ0v) is 13.0. The number of rotatable bonds is 7. The average molecular weight is 311 g/mol. The highest BCUT2D eigenvalue weighted by molar-refractivity contribution is 7.89. The molecular weight excluding hydrogens is 290 g/mol. The van der Waals surface area contributed by atoms with Gasteiger partial charge in [0.1, 0.15) is 0 Å². The molecule has 1 fully saturated rings. The van der Waals surface area contributed by atoms with Crippen LogP contribution in [0.5, 0.6) is 0 Å². The lowest BCUT2D eigenvalue weighted by Gasteiger charge is -2.14. The summed E-state index contributed by atoms with van der Waals surface area (Å²) in [6.07, 6.45) is 1.94. The molecule has 7 heteroatoms. The minimum absolute atomic E-state index is 0.148. The Kier molecular flexibility index (Phi) is 4.84. The molecule has 0 saturated heterocycles. The molecule has 21 heavy (non-hydrogen) atoms. The first-order valence-corrected chi connectivity index (χ1v) is 8.57. The Morgan fingerprint density at radius 3 is 2.43 bits per heavy atom. The summed E-state index contributed by atoms with van der Waals surface area (Å²) in [5.41, 5.74) is 0.857. The molecule has 0 bridgehead atoms. The van der Waals surface area contributed by atoms with Crippen LogP contribution in [0.3, 0.4) is 0 Å². The van der Waals surface area contributed by atoms with Gasteiger partial charge in [-0.15, -0.1) is 0 Å². The van der Waals surface area contributed by atoms with Crippen molar-refractivity contribution in [3.05, 3.63) is 24.3 Å². The van der Waals surface area contributed by atoms with Gasteiger partial charge in [0, 0.05) is 18.3 Å². The number of benzene rings is 1. The number of carbonyl (C=O) groups is 1. The topological polar surface area (TPSA) is 87.3 Å². The van der Waals surface area contributed by atoms with E-state index in [1.165, 1.54) is 12.1 Å². The summed E-state index contributed by atoms with van der Waals surface area (Å²) in [7, 11) is -3.69. The average Bonchev–Trinajstić information content (AvgIpc) is 3.23. The molecule has 0 aromatic heterocycles. The van der Waals surface area contributed by atoms with Gasteiger partial charge in [0.05, 0.1) is 10.9 Å². The largest absolute Gasteiger partial charge is 0.385 e. The predicted molar refractivity (Wildman–Crippen MR) is 81.6 cm³/mol. The molecule has 1 amide bonds. The van der Waals surface area contributed by atoms with E-state index in [1.807, 2.05) is 6.92 Å². The van der Waals surface area contributed by atoms with Crippen LogP contribution in [0.15, 0.2) is 29.2 Å². The van der Waals surface area contributed by atoms with E-state index in [1.54, 1.807) is 19.1 Å². The first kappa shape index (κ1) is 15.8. The Bertz CT molecular complexity index is 594. The summed E-state index contributed by atoms with van der Waals surface area (Å²) in [6, 6.07) is 5.87. The van der Waals surface area contributed by atoms with Crippen LogP contribution >= 0.6 is 0 Å². The fourth-order valence-corrected chi connectivity index (χ4v) is 3.07. The predicted octanol–water partition coefficient (Wildman–Crippen LogP) is 1.06. The first-order chi connectivity index (χ1) is 9.92. The van der Waals surface area contributed by atoms with E-state index in [9.17, 15) is 13.2 Å². The second kappa shape index (κ2) is 6.44. The molecule has 0 radical (unpaired) electrons. The number of sulfonamides is 1. The van der Waals surface area contributed by atoms with Gasteiger partial charge in [-0.05, 0) is 51.0 Å². The molecule has 1 unspecified atom stereocenters. The Morgan fingerprint density at radius 1 is 1.29 bits per heavy atom. The van der Waals surface area contributed by atoms with Crippen LogP contribution in [0, 0.1) is 0 Å². The Morgan fingerprint density at radius 2 is 1.90 bits per heavy atom. The van der Waals surface area contributed by atoms with E-state index in [4.69, 9.17) is 0 Å². The normalized spacial score (nSPS) is 16.3. The molecule has 1 atom stereocenters. The maximum Gasteiger partial charge on any atom is 0.241 e. The first-order valence-electron chi connectivity index (χ1n) is 7.09. The molecule has 2 rings (SSSR count). The van der Waals surface area contributed by atoms with Crippen molar-refractivity contribution in [1.82, 2.24) is 10.0 Å². The van der Waals surface area contributed by atoms with Crippen LogP contribution in [-0.2, 0) is 14.8 Å². The highest BCUT2D eigenvalue weighted by Crippen LogP contribution is 2.19. The summed E-state index contributed by atoms with van der Waals surface area (Å²) in [6.45, 7) is 4.28. The smallest absolute Gasteiger partial charge is 0.241 e. The molecule has 0 heterocycles. The van der Waals surface area contributed by atoms with Crippen molar-refractivity contribution in [2.45, 2.75) is 43.7 Å². The summed E-state index contributed by atoms with van der Waals surface area (Å²) in [4.78, 5) is 11.9. The lowest BCUT2D eigenvalue weighted by Crippen LogP contribution is -2.45. The zero-order valence-electron chi connectivity index (χ0n) is 12.2. The Labute approximate surface area is 125 Å². The van der Waals surface area contributed by atoms with Crippen LogP contribution in [0.1, 0.15) is 26.7 Å². The number of hydrogen-bond acceptors (Lipinski definition) is 4. The van der Waals surface area contributed by atoms with Crippen molar-refractivity contribution in [3.63, 3.8) is 0 Å². The molecule has 0 aliphatic heterocycles. The quantitative estimate of drug-likeness (QED) is 0.703. The summed E-state index contributed by atoms with van der Waals surface area (Å²) in [5.74, 6) is -0.287. The van der Waals surface area contributed by atoms with Gasteiger partial charge in [0.15, 0.2) is 0 Å². The van der Waals surface area contributed by atoms with Crippen LogP contribution in [0.4, 0.5) is 5.69 Å². The van der Waals surface area contributed by atoms with Crippen molar-refractivity contribution in [3.8, 4) is 0 Å². The van der Waals surface area contributed by atoms with E-state index in [0.29, 0.717) is 0 Å².